The first kappa shape index (κ1) is 24.1. The van der Waals surface area contributed by atoms with Gasteiger partial charge < -0.3 is 5.11 Å². The summed E-state index contributed by atoms with van der Waals surface area (Å²) in [5, 5.41) is 8.38. The molecule has 23 heavy (non-hydrogen) atoms. The Bertz CT molecular complexity index is 404. The van der Waals surface area contributed by atoms with Crippen molar-refractivity contribution in [1.29, 1.82) is 0 Å². The van der Waals surface area contributed by atoms with Crippen molar-refractivity contribution in [3.8, 4) is 0 Å². The Labute approximate surface area is 154 Å². The molecule has 0 rings (SSSR count). The molecule has 0 aliphatic carbocycles. The van der Waals surface area contributed by atoms with Crippen molar-refractivity contribution in [2.45, 2.75) is 58.3 Å². The molecule has 3 heteroatoms. The normalized spacial score (nSPS) is 12.2. The SMILES string of the molecule is CCCCCCCCCC=CC=CC=CC=CC=CC(=O)O.[Zn]. The van der Waals surface area contributed by atoms with Crippen LogP contribution in [0.2, 0.25) is 0 Å². The number of aliphatic carboxylic acids is 1. The van der Waals surface area contributed by atoms with Crippen molar-refractivity contribution in [2.24, 2.45) is 0 Å². The van der Waals surface area contributed by atoms with Gasteiger partial charge in [-0.2, -0.15) is 0 Å². The third-order valence-corrected chi connectivity index (χ3v) is 3.13. The van der Waals surface area contributed by atoms with E-state index in [-0.39, 0.29) is 19.5 Å². The van der Waals surface area contributed by atoms with E-state index < -0.39 is 5.97 Å². The third-order valence-electron chi connectivity index (χ3n) is 3.13. The fourth-order valence-corrected chi connectivity index (χ4v) is 1.92. The van der Waals surface area contributed by atoms with Crippen LogP contribution in [0.5, 0.6) is 0 Å². The number of rotatable bonds is 13. The number of unbranched alkanes of at least 4 members (excludes halogenated alkanes) is 7. The van der Waals surface area contributed by atoms with E-state index in [9.17, 15) is 4.79 Å². The summed E-state index contributed by atoms with van der Waals surface area (Å²) in [6.45, 7) is 2.25. The molecule has 0 unspecified atom stereocenters. The van der Waals surface area contributed by atoms with Gasteiger partial charge in [-0.05, 0) is 12.8 Å². The Kier molecular flexibility index (Phi) is 21.7. The van der Waals surface area contributed by atoms with E-state index in [1.54, 1.807) is 12.2 Å². The summed E-state index contributed by atoms with van der Waals surface area (Å²) in [6.07, 6.45) is 28.8. The van der Waals surface area contributed by atoms with Gasteiger partial charge in [0, 0.05) is 25.6 Å². The molecular formula is C20H30O2Zn. The number of carbonyl (C=O) groups is 1. The molecule has 0 aromatic carbocycles. The Morgan fingerprint density at radius 1 is 0.739 bits per heavy atom. The second-order valence-corrected chi connectivity index (χ2v) is 5.19. The van der Waals surface area contributed by atoms with E-state index in [1.165, 1.54) is 51.0 Å². The monoisotopic (exact) mass is 366 g/mol. The van der Waals surface area contributed by atoms with Crippen LogP contribution in [-0.4, -0.2) is 11.1 Å². The van der Waals surface area contributed by atoms with Gasteiger partial charge in [0.15, 0.2) is 0 Å². The van der Waals surface area contributed by atoms with E-state index in [2.05, 4.69) is 19.1 Å². The number of allylic oxidation sites excluding steroid dienone is 9. The van der Waals surface area contributed by atoms with Gasteiger partial charge in [-0.15, -0.1) is 0 Å². The molecule has 0 aromatic heterocycles. The summed E-state index contributed by atoms with van der Waals surface area (Å²) in [4.78, 5) is 10.2. The Hall–Kier alpha value is -1.21. The summed E-state index contributed by atoms with van der Waals surface area (Å²) >= 11 is 0. The van der Waals surface area contributed by atoms with Gasteiger partial charge in [-0.25, -0.2) is 4.79 Å². The predicted octanol–water partition coefficient (Wildman–Crippen LogP) is 5.99. The van der Waals surface area contributed by atoms with Crippen molar-refractivity contribution in [2.75, 3.05) is 0 Å². The summed E-state index contributed by atoms with van der Waals surface area (Å²) in [6, 6.07) is 0. The van der Waals surface area contributed by atoms with Crippen LogP contribution in [-0.2, 0) is 24.3 Å². The van der Waals surface area contributed by atoms with Crippen molar-refractivity contribution in [1.82, 2.24) is 0 Å². The zero-order valence-electron chi connectivity index (χ0n) is 14.5. The maximum absolute atomic E-state index is 10.2. The van der Waals surface area contributed by atoms with Gasteiger partial charge in [0.25, 0.3) is 0 Å². The average molecular weight is 368 g/mol. The smallest absolute Gasteiger partial charge is 0.328 e. The summed E-state index contributed by atoms with van der Waals surface area (Å²) in [5.74, 6) is -0.931. The van der Waals surface area contributed by atoms with Gasteiger partial charge in [0.1, 0.15) is 0 Å². The molecule has 0 fully saturated rings. The molecule has 0 saturated heterocycles. The predicted molar refractivity (Wildman–Crippen MR) is 95.9 cm³/mol. The van der Waals surface area contributed by atoms with Crippen LogP contribution in [0.1, 0.15) is 58.3 Å². The molecule has 0 aromatic rings. The standard InChI is InChI=1S/C20H30O2.Zn/c1-2-3-4-5-6-7-8-9-10-11-12-13-14-15-16-17-18-19-20(21)22;/h10-19H,2-9H2,1H3,(H,21,22);. The molecule has 0 heterocycles. The quantitative estimate of drug-likeness (QED) is 0.188. The van der Waals surface area contributed by atoms with Crippen LogP contribution in [0.4, 0.5) is 0 Å². The van der Waals surface area contributed by atoms with Crippen molar-refractivity contribution >= 4 is 5.97 Å². The zero-order chi connectivity index (χ0) is 16.3. The molecule has 0 atom stereocenters. The van der Waals surface area contributed by atoms with Gasteiger partial charge in [-0.3, -0.25) is 0 Å². The van der Waals surface area contributed by atoms with Crippen LogP contribution in [0, 0.1) is 0 Å². The first-order chi connectivity index (χ1) is 10.8. The molecule has 0 amide bonds. The van der Waals surface area contributed by atoms with Crippen LogP contribution < -0.4 is 0 Å². The minimum atomic E-state index is -0.931. The van der Waals surface area contributed by atoms with Crippen LogP contribution in [0.15, 0.2) is 60.8 Å². The summed E-state index contributed by atoms with van der Waals surface area (Å²) < 4.78 is 0. The Balaban J connectivity index is 0. The first-order valence-electron chi connectivity index (χ1n) is 8.33. The first-order valence-corrected chi connectivity index (χ1v) is 8.33. The minimum Gasteiger partial charge on any atom is -0.478 e. The molecule has 0 bridgehead atoms. The Morgan fingerprint density at radius 2 is 1.22 bits per heavy atom. The van der Waals surface area contributed by atoms with Gasteiger partial charge in [0.2, 0.25) is 0 Å². The molecule has 1 N–H and O–H groups in total. The van der Waals surface area contributed by atoms with Crippen molar-refractivity contribution in [3.63, 3.8) is 0 Å². The fourth-order valence-electron chi connectivity index (χ4n) is 1.92. The van der Waals surface area contributed by atoms with Gasteiger partial charge in [0.05, 0.1) is 0 Å². The molecule has 2 nitrogen and oxygen atoms in total. The number of hydrogen-bond acceptors (Lipinski definition) is 1. The van der Waals surface area contributed by atoms with Crippen molar-refractivity contribution in [3.05, 3.63) is 60.8 Å². The molecule has 0 radical (unpaired) electrons. The van der Waals surface area contributed by atoms with E-state index in [0.29, 0.717) is 0 Å². The van der Waals surface area contributed by atoms with Crippen LogP contribution in [0.25, 0.3) is 0 Å². The van der Waals surface area contributed by atoms with Crippen LogP contribution >= 0.6 is 0 Å². The number of carboxylic acids is 1. The fraction of sp³-hybridized carbons (Fsp3) is 0.450. The molecule has 0 spiro atoms. The van der Waals surface area contributed by atoms with E-state index in [4.69, 9.17) is 5.11 Å². The average Bonchev–Trinajstić information content (AvgIpc) is 2.50. The van der Waals surface area contributed by atoms with Crippen molar-refractivity contribution < 1.29 is 29.4 Å². The van der Waals surface area contributed by atoms with Gasteiger partial charge >= 0.3 is 5.97 Å². The topological polar surface area (TPSA) is 37.3 Å². The zero-order valence-corrected chi connectivity index (χ0v) is 17.5. The third kappa shape index (κ3) is 23.2. The maximum atomic E-state index is 10.2. The van der Waals surface area contributed by atoms with Crippen LogP contribution in [0.3, 0.4) is 0 Å². The van der Waals surface area contributed by atoms with E-state index >= 15 is 0 Å². The Morgan fingerprint density at radius 3 is 1.78 bits per heavy atom. The van der Waals surface area contributed by atoms with E-state index in [1.807, 2.05) is 24.3 Å². The molecule has 0 saturated carbocycles. The molecule has 124 valence electrons. The second kappa shape index (κ2) is 20.8. The second-order valence-electron chi connectivity index (χ2n) is 5.19. The minimum absolute atomic E-state index is 0. The summed E-state index contributed by atoms with van der Waals surface area (Å²) in [5.41, 5.74) is 0. The largest absolute Gasteiger partial charge is 0.478 e. The number of hydrogen-bond donors (Lipinski definition) is 1. The molecule has 0 aliphatic rings. The molecular weight excluding hydrogens is 338 g/mol. The molecule has 0 aliphatic heterocycles. The van der Waals surface area contributed by atoms with E-state index in [0.717, 1.165) is 12.5 Å². The number of carboxylic acid groups (broad SMARTS) is 1. The maximum Gasteiger partial charge on any atom is 0.328 e. The summed E-state index contributed by atoms with van der Waals surface area (Å²) in [7, 11) is 0. The van der Waals surface area contributed by atoms with Gasteiger partial charge in [-0.1, -0.05) is 100 Å².